The van der Waals surface area contributed by atoms with E-state index >= 15 is 0 Å². The molecule has 1 heterocycles. The van der Waals surface area contributed by atoms with Gasteiger partial charge >= 0.3 is 12.0 Å². The lowest BCUT2D eigenvalue weighted by Crippen LogP contribution is -2.41. The maximum Gasteiger partial charge on any atom is 0.339 e. The summed E-state index contributed by atoms with van der Waals surface area (Å²) in [7, 11) is 0. The first-order chi connectivity index (χ1) is 11.5. The van der Waals surface area contributed by atoms with Crippen molar-refractivity contribution in [3.05, 3.63) is 41.6 Å². The van der Waals surface area contributed by atoms with Gasteiger partial charge in [-0.25, -0.2) is 9.59 Å². The van der Waals surface area contributed by atoms with E-state index in [4.69, 9.17) is 4.74 Å². The summed E-state index contributed by atoms with van der Waals surface area (Å²) in [6, 6.07) is 8.17. The maximum atomic E-state index is 12.2. The number of rotatable bonds is 5. The average Bonchev–Trinajstić information content (AvgIpc) is 2.57. The van der Waals surface area contributed by atoms with Crippen molar-refractivity contribution in [3.63, 3.8) is 0 Å². The van der Waals surface area contributed by atoms with E-state index in [0.29, 0.717) is 28.7 Å². The predicted molar refractivity (Wildman–Crippen MR) is 88.6 cm³/mol. The summed E-state index contributed by atoms with van der Waals surface area (Å²) in [5.41, 5.74) is 1.68. The third-order valence-electron chi connectivity index (χ3n) is 3.19. The molecular weight excluding hydrogens is 310 g/mol. The second-order valence-electron chi connectivity index (χ2n) is 5.21. The molecule has 0 aliphatic carbocycles. The van der Waals surface area contributed by atoms with E-state index in [1.165, 1.54) is 0 Å². The van der Waals surface area contributed by atoms with Crippen LogP contribution in [0.5, 0.6) is 0 Å². The highest BCUT2D eigenvalue weighted by Gasteiger charge is 2.15. The van der Waals surface area contributed by atoms with Crippen LogP contribution in [0.25, 0.3) is 10.9 Å². The van der Waals surface area contributed by atoms with Crippen molar-refractivity contribution >= 4 is 28.8 Å². The molecule has 0 saturated carbocycles. The first-order valence-electron chi connectivity index (χ1n) is 7.62. The zero-order valence-electron chi connectivity index (χ0n) is 13.6. The van der Waals surface area contributed by atoms with Gasteiger partial charge in [0.2, 0.25) is 0 Å². The van der Waals surface area contributed by atoms with Crippen molar-refractivity contribution in [2.45, 2.75) is 20.3 Å². The largest absolute Gasteiger partial charge is 0.452 e. The summed E-state index contributed by atoms with van der Waals surface area (Å²) in [5.74, 6) is -1.33. The zero-order valence-corrected chi connectivity index (χ0v) is 13.6. The normalized spacial score (nSPS) is 10.2. The number of hydrogen-bond donors (Lipinski definition) is 2. The summed E-state index contributed by atoms with van der Waals surface area (Å²) < 4.78 is 5.00. The highest BCUT2D eigenvalue weighted by atomic mass is 16.5. The molecule has 7 heteroatoms. The van der Waals surface area contributed by atoms with E-state index in [2.05, 4.69) is 15.6 Å². The topological polar surface area (TPSA) is 97.4 Å². The van der Waals surface area contributed by atoms with Gasteiger partial charge in [-0.05, 0) is 25.5 Å². The van der Waals surface area contributed by atoms with Gasteiger partial charge in [-0.2, -0.15) is 0 Å². The Balaban J connectivity index is 2.00. The number of carbonyl (C=O) groups excluding carboxylic acids is 3. The van der Waals surface area contributed by atoms with Crippen LogP contribution in [0.15, 0.2) is 30.3 Å². The van der Waals surface area contributed by atoms with Crippen molar-refractivity contribution in [2.24, 2.45) is 0 Å². The number of benzene rings is 1. The van der Waals surface area contributed by atoms with Crippen LogP contribution in [0.4, 0.5) is 4.79 Å². The minimum absolute atomic E-state index is 0.335. The van der Waals surface area contributed by atoms with Crippen molar-refractivity contribution < 1.29 is 19.1 Å². The number of aromatic nitrogens is 1. The van der Waals surface area contributed by atoms with Gasteiger partial charge < -0.3 is 10.1 Å². The third-order valence-corrected chi connectivity index (χ3v) is 3.19. The molecule has 0 unspecified atom stereocenters. The summed E-state index contributed by atoms with van der Waals surface area (Å²) in [4.78, 5) is 39.6. The Labute approximate surface area is 139 Å². The first kappa shape index (κ1) is 17.4. The number of ether oxygens (including phenoxy) is 1. The third kappa shape index (κ3) is 4.52. The number of para-hydroxylation sites is 1. The van der Waals surface area contributed by atoms with Crippen LogP contribution in [0, 0.1) is 6.92 Å². The predicted octanol–water partition coefficient (Wildman–Crippen LogP) is 1.94. The molecule has 0 aliphatic heterocycles. The van der Waals surface area contributed by atoms with Crippen molar-refractivity contribution in [1.82, 2.24) is 15.6 Å². The molecule has 3 amide bonds. The second kappa shape index (κ2) is 8.05. The number of pyridine rings is 1. The summed E-state index contributed by atoms with van der Waals surface area (Å²) in [6.45, 7) is 3.59. The molecule has 7 nitrogen and oxygen atoms in total. The van der Waals surface area contributed by atoms with Gasteiger partial charge in [0.15, 0.2) is 6.61 Å². The molecule has 2 aromatic rings. The molecule has 24 heavy (non-hydrogen) atoms. The standard InChI is InChI=1S/C17H19N3O4/c1-3-8-18-17(23)20-15(21)10-24-16(22)13-9-11(2)19-14-7-5-4-6-12(13)14/h4-7,9H,3,8,10H2,1-2H3,(H2,18,20,21,23). The quantitative estimate of drug-likeness (QED) is 0.817. The molecule has 1 aromatic heterocycles. The SMILES string of the molecule is CCCNC(=O)NC(=O)COC(=O)c1cc(C)nc2ccccc12. The molecule has 0 saturated heterocycles. The summed E-state index contributed by atoms with van der Waals surface area (Å²) >= 11 is 0. The highest BCUT2D eigenvalue weighted by Crippen LogP contribution is 2.18. The van der Waals surface area contributed by atoms with E-state index in [-0.39, 0.29) is 0 Å². The molecule has 2 rings (SSSR count). The Hall–Kier alpha value is -2.96. The molecule has 0 bridgehead atoms. The second-order valence-corrected chi connectivity index (χ2v) is 5.21. The molecule has 2 N–H and O–H groups in total. The number of nitrogens with one attached hydrogen (secondary N) is 2. The minimum atomic E-state index is -0.688. The number of imide groups is 1. The van der Waals surface area contributed by atoms with E-state index < -0.39 is 24.5 Å². The summed E-state index contributed by atoms with van der Waals surface area (Å²) in [6.07, 6.45) is 0.755. The maximum absolute atomic E-state index is 12.2. The molecule has 1 aromatic carbocycles. The van der Waals surface area contributed by atoms with Gasteiger partial charge in [0.25, 0.3) is 5.91 Å². The highest BCUT2D eigenvalue weighted by molar-refractivity contribution is 6.04. The van der Waals surface area contributed by atoms with Gasteiger partial charge in [-0.1, -0.05) is 25.1 Å². The van der Waals surface area contributed by atoms with Crippen LogP contribution in [-0.2, 0) is 9.53 Å². The van der Waals surface area contributed by atoms with E-state index in [1.807, 2.05) is 13.0 Å². The van der Waals surface area contributed by atoms with Crippen LogP contribution in [-0.4, -0.2) is 36.0 Å². The lowest BCUT2D eigenvalue weighted by molar-refractivity contribution is -0.123. The first-order valence-corrected chi connectivity index (χ1v) is 7.62. The monoisotopic (exact) mass is 329 g/mol. The molecule has 0 aliphatic rings. The molecule has 0 radical (unpaired) electrons. The van der Waals surface area contributed by atoms with Gasteiger partial charge in [-0.15, -0.1) is 0 Å². The molecule has 0 fully saturated rings. The van der Waals surface area contributed by atoms with Gasteiger partial charge in [0.05, 0.1) is 11.1 Å². The van der Waals surface area contributed by atoms with Crippen molar-refractivity contribution in [3.8, 4) is 0 Å². The zero-order chi connectivity index (χ0) is 17.5. The fraction of sp³-hybridized carbons (Fsp3) is 0.294. The van der Waals surface area contributed by atoms with Gasteiger partial charge in [0, 0.05) is 17.6 Å². The lowest BCUT2D eigenvalue weighted by atomic mass is 10.1. The van der Waals surface area contributed by atoms with Crippen LogP contribution in [0.3, 0.4) is 0 Å². The number of urea groups is 1. The minimum Gasteiger partial charge on any atom is -0.452 e. The van der Waals surface area contributed by atoms with Gasteiger partial charge in [-0.3, -0.25) is 15.1 Å². The smallest absolute Gasteiger partial charge is 0.339 e. The Morgan fingerprint density at radius 1 is 1.21 bits per heavy atom. The van der Waals surface area contributed by atoms with Crippen LogP contribution >= 0.6 is 0 Å². The van der Waals surface area contributed by atoms with Crippen LogP contribution in [0.2, 0.25) is 0 Å². The number of fused-ring (bicyclic) bond motifs is 1. The van der Waals surface area contributed by atoms with Crippen LogP contribution < -0.4 is 10.6 Å². The number of hydrogen-bond acceptors (Lipinski definition) is 5. The lowest BCUT2D eigenvalue weighted by Gasteiger charge is -2.09. The molecule has 126 valence electrons. The van der Waals surface area contributed by atoms with Crippen LogP contribution in [0.1, 0.15) is 29.4 Å². The van der Waals surface area contributed by atoms with E-state index in [9.17, 15) is 14.4 Å². The number of amides is 3. The Morgan fingerprint density at radius 2 is 1.96 bits per heavy atom. The molecular formula is C17H19N3O4. The Morgan fingerprint density at radius 3 is 2.71 bits per heavy atom. The number of aryl methyl sites for hydroxylation is 1. The van der Waals surface area contributed by atoms with E-state index in [0.717, 1.165) is 6.42 Å². The van der Waals surface area contributed by atoms with Crippen molar-refractivity contribution in [2.75, 3.05) is 13.2 Å². The average molecular weight is 329 g/mol. The van der Waals surface area contributed by atoms with Crippen molar-refractivity contribution in [1.29, 1.82) is 0 Å². The summed E-state index contributed by atoms with van der Waals surface area (Å²) in [5, 5.41) is 5.23. The molecule has 0 atom stereocenters. The Kier molecular flexibility index (Phi) is 5.83. The number of esters is 1. The molecule has 0 spiro atoms. The van der Waals surface area contributed by atoms with E-state index in [1.54, 1.807) is 31.2 Å². The Bertz CT molecular complexity index is 774. The number of nitrogens with zero attached hydrogens (tertiary/aromatic N) is 1. The number of carbonyl (C=O) groups is 3. The van der Waals surface area contributed by atoms with Gasteiger partial charge in [0.1, 0.15) is 0 Å². The fourth-order valence-corrected chi connectivity index (χ4v) is 2.13. The fourth-order valence-electron chi connectivity index (χ4n) is 2.13.